The summed E-state index contributed by atoms with van der Waals surface area (Å²) in [6, 6.07) is 11.8. The fourth-order valence-corrected chi connectivity index (χ4v) is 5.10. The Kier molecular flexibility index (Phi) is 8.90. The van der Waals surface area contributed by atoms with Crippen molar-refractivity contribution in [2.24, 2.45) is 4.99 Å². The molecule has 0 saturated carbocycles. The average Bonchev–Trinajstić information content (AvgIpc) is 3.00. The lowest BCUT2D eigenvalue weighted by Crippen LogP contribution is -2.28. The molecule has 0 spiro atoms. The van der Waals surface area contributed by atoms with Crippen LogP contribution in [-0.2, 0) is 9.53 Å². The zero-order valence-corrected chi connectivity index (χ0v) is 24.9. The second kappa shape index (κ2) is 13.5. The van der Waals surface area contributed by atoms with Gasteiger partial charge >= 0.3 is 5.97 Å². The molecule has 0 saturated heterocycles. The van der Waals surface area contributed by atoms with Crippen molar-refractivity contribution < 1.29 is 21.5 Å². The molecule has 1 aliphatic heterocycles. The molecule has 2 aromatic carbocycles. The van der Waals surface area contributed by atoms with Crippen molar-refractivity contribution in [1.82, 2.24) is 4.90 Å². The van der Waals surface area contributed by atoms with Gasteiger partial charge in [-0.05, 0) is 75.4 Å². The molecule has 41 heavy (non-hydrogen) atoms. The van der Waals surface area contributed by atoms with Gasteiger partial charge in [-0.3, -0.25) is 14.6 Å². The number of methoxy groups -OCH3 is 1. The van der Waals surface area contributed by atoms with Crippen LogP contribution in [0.2, 0.25) is 0 Å². The minimum atomic E-state index is -0.224. The first-order valence-electron chi connectivity index (χ1n) is 15.3. The molecule has 7 nitrogen and oxygen atoms in total. The summed E-state index contributed by atoms with van der Waals surface area (Å²) in [4.78, 5) is 31.6. The molecule has 1 heterocycles. The van der Waals surface area contributed by atoms with Crippen LogP contribution in [0.4, 0.5) is 5.69 Å². The number of hydrogen-bond acceptors (Lipinski definition) is 6. The van der Waals surface area contributed by atoms with E-state index in [1.54, 1.807) is 11.9 Å². The number of fused-ring (bicyclic) bond motifs is 2. The molecule has 7 heteroatoms. The van der Waals surface area contributed by atoms with E-state index in [-0.39, 0.29) is 24.0 Å². The number of carbonyl (C=O) groups is 2. The number of rotatable bonds is 11. The molecule has 1 N–H and O–H groups in total. The Morgan fingerprint density at radius 1 is 1.05 bits per heavy atom. The first-order chi connectivity index (χ1) is 20.6. The minimum Gasteiger partial charge on any atom is -0.469 e. The number of esters is 1. The normalized spacial score (nSPS) is 12.4. The van der Waals surface area contributed by atoms with Gasteiger partial charge in [-0.15, -0.1) is 0 Å². The molecule has 0 fully saturated rings. The molecule has 0 atom stereocenters. The Balaban J connectivity index is 1.91. The third kappa shape index (κ3) is 6.62. The smallest absolute Gasteiger partial charge is 0.305 e. The van der Waals surface area contributed by atoms with Crippen molar-refractivity contribution in [2.75, 3.05) is 39.1 Å². The van der Waals surface area contributed by atoms with E-state index in [0.29, 0.717) is 76.9 Å². The number of nitrogens with zero attached hydrogens (tertiary/aromatic N) is 2. The number of hydrogen-bond donors (Lipinski definition) is 1. The molecule has 2 aromatic rings. The zero-order chi connectivity index (χ0) is 31.3. The zero-order valence-electron chi connectivity index (χ0n) is 26.9. The first kappa shape index (κ1) is 27.1. The highest BCUT2D eigenvalue weighted by molar-refractivity contribution is 6.09. The van der Waals surface area contributed by atoms with Gasteiger partial charge < -0.3 is 19.4 Å². The molecule has 216 valence electrons. The van der Waals surface area contributed by atoms with Gasteiger partial charge in [-0.2, -0.15) is 0 Å². The van der Waals surface area contributed by atoms with Crippen LogP contribution in [0.15, 0.2) is 57.9 Å². The van der Waals surface area contributed by atoms with Gasteiger partial charge in [0, 0.05) is 73.0 Å². The second-order valence-electron chi connectivity index (χ2n) is 10.3. The standard InChI is InChI=1S/C34H41N3O4/c1-7-35-28-20-30-26(18-22(28)3)33(27-19-23(4)29(36-8-2)21-31(27)41-30)24-14-11-12-15-25(24)34(39)37(5)17-13-9-10-16-32(38)40-6/h11-12,14-15,18-21,35H,7-10,13,16-17H2,1-6H3/b36-29+/i20D,21D. The van der Waals surface area contributed by atoms with Crippen LogP contribution in [0.3, 0.4) is 0 Å². The minimum absolute atomic E-state index is 0.127. The predicted molar refractivity (Wildman–Crippen MR) is 165 cm³/mol. The van der Waals surface area contributed by atoms with Gasteiger partial charge in [-0.25, -0.2) is 0 Å². The quantitative estimate of drug-likeness (QED) is 0.122. The third-order valence-corrected chi connectivity index (χ3v) is 7.24. The molecule has 0 bridgehead atoms. The van der Waals surface area contributed by atoms with E-state index in [2.05, 4.69) is 10.3 Å². The number of anilines is 1. The highest BCUT2D eigenvalue weighted by Gasteiger charge is 2.24. The van der Waals surface area contributed by atoms with E-state index in [1.807, 2.05) is 64.1 Å². The van der Waals surface area contributed by atoms with Crippen molar-refractivity contribution in [3.63, 3.8) is 0 Å². The van der Waals surface area contributed by atoms with Crippen LogP contribution in [0.5, 0.6) is 0 Å². The van der Waals surface area contributed by atoms with E-state index in [0.717, 1.165) is 29.5 Å². The molecule has 0 unspecified atom stereocenters. The largest absolute Gasteiger partial charge is 0.469 e. The number of ether oxygens (including phenoxy) is 1. The van der Waals surface area contributed by atoms with Gasteiger partial charge in [0.15, 0.2) is 0 Å². The van der Waals surface area contributed by atoms with Crippen molar-refractivity contribution in [3.8, 4) is 22.5 Å². The summed E-state index contributed by atoms with van der Waals surface area (Å²) in [5.74, 6) is -0.0166. The average molecular weight is 558 g/mol. The Morgan fingerprint density at radius 2 is 1.83 bits per heavy atom. The summed E-state index contributed by atoms with van der Waals surface area (Å²) < 4.78 is 29.2. The Morgan fingerprint density at radius 3 is 2.56 bits per heavy atom. The summed E-state index contributed by atoms with van der Waals surface area (Å²) in [5.41, 5.74) is 5.46. The van der Waals surface area contributed by atoms with E-state index in [1.165, 1.54) is 7.11 Å². The van der Waals surface area contributed by atoms with Crippen LogP contribution in [-0.4, -0.2) is 50.6 Å². The summed E-state index contributed by atoms with van der Waals surface area (Å²) in [7, 11) is 3.17. The number of aryl methyl sites for hydroxylation is 2. The Bertz CT molecular complexity index is 1700. The molecule has 0 aromatic heterocycles. The number of carbonyl (C=O) groups excluding carboxylic acids is 2. The van der Waals surface area contributed by atoms with Gasteiger partial charge in [0.2, 0.25) is 0 Å². The molecular weight excluding hydrogens is 514 g/mol. The maximum atomic E-state index is 13.9. The van der Waals surface area contributed by atoms with Gasteiger partial charge in [0.05, 0.1) is 15.2 Å². The highest BCUT2D eigenvalue weighted by atomic mass is 16.5. The molecule has 1 amide bonds. The van der Waals surface area contributed by atoms with Gasteiger partial charge in [0.1, 0.15) is 11.3 Å². The van der Waals surface area contributed by atoms with E-state index >= 15 is 0 Å². The summed E-state index contributed by atoms with van der Waals surface area (Å²) >= 11 is 0. The molecule has 0 radical (unpaired) electrons. The number of nitrogens with one attached hydrogen (secondary N) is 1. The molecule has 4 rings (SSSR count). The van der Waals surface area contributed by atoms with Crippen LogP contribution in [0.1, 0.15) is 63.8 Å². The third-order valence-electron chi connectivity index (χ3n) is 7.24. The van der Waals surface area contributed by atoms with Crippen molar-refractivity contribution in [3.05, 3.63) is 70.5 Å². The lowest BCUT2D eigenvalue weighted by Gasteiger charge is -2.22. The van der Waals surface area contributed by atoms with Crippen molar-refractivity contribution in [1.29, 1.82) is 0 Å². The summed E-state index contributed by atoms with van der Waals surface area (Å²) in [6.45, 7) is 9.51. The number of amides is 1. The molecule has 1 aliphatic carbocycles. The molecular formula is C34H41N3O4. The van der Waals surface area contributed by atoms with Crippen LogP contribution in [0.25, 0.3) is 33.4 Å². The van der Waals surface area contributed by atoms with Crippen LogP contribution < -0.4 is 10.7 Å². The topological polar surface area (TPSA) is 84.1 Å². The van der Waals surface area contributed by atoms with Crippen molar-refractivity contribution in [2.45, 2.75) is 53.4 Å². The van der Waals surface area contributed by atoms with Crippen LogP contribution in [0, 0.1) is 13.8 Å². The first-order valence-corrected chi connectivity index (χ1v) is 14.3. The summed E-state index contributed by atoms with van der Waals surface area (Å²) in [5, 5.41) is 4.55. The SMILES string of the molecule is [2H]c1c2oc3c([2H])c(NCC)c(C)cc3c(-c3ccccc3C(=O)N(C)CCCCCC(=O)OC)c-2cc(C)/c1=N/CC. The predicted octanol–water partition coefficient (Wildman–Crippen LogP) is 6.98. The van der Waals surface area contributed by atoms with E-state index in [4.69, 9.17) is 11.9 Å². The monoisotopic (exact) mass is 557 g/mol. The number of benzene rings is 3. The number of unbranched alkanes of at least 4 members (excludes halogenated alkanes) is 2. The fraction of sp³-hybridized carbons (Fsp3) is 0.382. The highest BCUT2D eigenvalue weighted by Crippen LogP contribution is 2.43. The maximum Gasteiger partial charge on any atom is 0.305 e. The van der Waals surface area contributed by atoms with E-state index < -0.39 is 0 Å². The van der Waals surface area contributed by atoms with Crippen molar-refractivity contribution >= 4 is 28.5 Å². The Labute approximate surface area is 245 Å². The fourth-order valence-electron chi connectivity index (χ4n) is 5.10. The lowest BCUT2D eigenvalue weighted by molar-refractivity contribution is -0.140. The van der Waals surface area contributed by atoms with Gasteiger partial charge in [0.25, 0.3) is 5.91 Å². The maximum absolute atomic E-state index is 13.9. The molecule has 2 aliphatic rings. The van der Waals surface area contributed by atoms with Crippen LogP contribution >= 0.6 is 0 Å². The second-order valence-corrected chi connectivity index (χ2v) is 10.3. The van der Waals surface area contributed by atoms with Gasteiger partial charge in [-0.1, -0.05) is 24.6 Å². The summed E-state index contributed by atoms with van der Waals surface area (Å²) in [6.07, 6.45) is 2.65. The lowest BCUT2D eigenvalue weighted by atomic mass is 9.89. The Hall–Kier alpha value is -4.13. The van der Waals surface area contributed by atoms with E-state index in [9.17, 15) is 9.59 Å².